The highest BCUT2D eigenvalue weighted by molar-refractivity contribution is 7.15. The lowest BCUT2D eigenvalue weighted by atomic mass is 9.86. The predicted octanol–water partition coefficient (Wildman–Crippen LogP) is 6.06. The van der Waals surface area contributed by atoms with Gasteiger partial charge in [-0.3, -0.25) is 0 Å². The second kappa shape index (κ2) is 8.01. The van der Waals surface area contributed by atoms with Crippen molar-refractivity contribution in [3.8, 4) is 0 Å². The third-order valence-corrected chi connectivity index (χ3v) is 6.91. The Kier molecular flexibility index (Phi) is 5.13. The molecule has 0 N–H and O–H groups in total. The second-order valence-corrected chi connectivity index (χ2v) is 7.79. The van der Waals surface area contributed by atoms with Gasteiger partial charge in [0.2, 0.25) is 0 Å². The maximum atomic E-state index is 6.21. The lowest BCUT2D eigenvalue weighted by Crippen LogP contribution is -2.12. The number of hydrogen-bond donors (Lipinski definition) is 0. The molecule has 2 saturated carbocycles. The number of hydrogen-bond acceptors (Lipinski definition) is 0. The molecule has 0 aromatic heterocycles. The van der Waals surface area contributed by atoms with Crippen LogP contribution in [0.15, 0.2) is 61.8 Å². The van der Waals surface area contributed by atoms with E-state index < -0.39 is 6.62 Å². The van der Waals surface area contributed by atoms with Crippen molar-refractivity contribution in [2.45, 2.75) is 25.7 Å². The minimum Gasteiger partial charge on any atom is -0.141 e. The molecule has 5 aliphatic rings. The summed E-state index contributed by atoms with van der Waals surface area (Å²) in [5.41, 5.74) is 0. The molecule has 5 rings (SSSR count). The van der Waals surface area contributed by atoms with E-state index >= 15 is 0 Å². The normalized spacial score (nSPS) is 46.4. The van der Waals surface area contributed by atoms with Gasteiger partial charge < -0.3 is 0 Å². The fourth-order valence-corrected chi connectivity index (χ4v) is 5.76. The van der Waals surface area contributed by atoms with Crippen LogP contribution in [0.2, 0.25) is 0 Å². The van der Waals surface area contributed by atoms with Gasteiger partial charge in [0.1, 0.15) is 0 Å². The van der Waals surface area contributed by atoms with Gasteiger partial charge in [-0.05, 0) is 73.0 Å². The molecular weight excluding hydrogens is 307 g/mol. The van der Waals surface area contributed by atoms with Crippen LogP contribution >= 0.6 is 9.24 Å². The van der Waals surface area contributed by atoms with Crippen LogP contribution in [0.1, 0.15) is 28.4 Å². The van der Waals surface area contributed by atoms with Crippen molar-refractivity contribution in [1.82, 2.24) is 0 Å². The first-order valence-corrected chi connectivity index (χ1v) is 10.1. The number of allylic oxidation sites excluding steroid dienone is 8. The zero-order valence-corrected chi connectivity index (χ0v) is 15.8. The van der Waals surface area contributed by atoms with E-state index in [1.165, 1.54) is 25.7 Å². The molecule has 0 radical (unpaired) electrons. The van der Waals surface area contributed by atoms with Crippen LogP contribution in [-0.4, -0.2) is 6.62 Å². The molecule has 5 aliphatic carbocycles. The molecular formula is C23H33P. The Balaban J connectivity index is 0.000000127. The number of rotatable bonds is 2. The zero-order valence-electron chi connectivity index (χ0n) is 16.6. The molecule has 0 heterocycles. The topological polar surface area (TPSA) is 0 Å². The summed E-state index contributed by atoms with van der Waals surface area (Å²) in [6.07, 6.45) is 24.0. The van der Waals surface area contributed by atoms with E-state index in [4.69, 9.17) is 2.74 Å². The van der Waals surface area contributed by atoms with Gasteiger partial charge in [-0.2, -0.15) is 0 Å². The van der Waals surface area contributed by atoms with E-state index in [1.54, 1.807) is 0 Å². The van der Waals surface area contributed by atoms with Crippen molar-refractivity contribution in [3.63, 3.8) is 0 Å². The lowest BCUT2D eigenvalue weighted by Gasteiger charge is -2.18. The Hall–Kier alpha value is -0.870. The van der Waals surface area contributed by atoms with Crippen LogP contribution in [0.3, 0.4) is 0 Å². The third-order valence-electron chi connectivity index (χ3n) is 6.91. The van der Waals surface area contributed by atoms with Gasteiger partial charge in [-0.15, -0.1) is 22.4 Å². The van der Waals surface area contributed by atoms with Crippen LogP contribution < -0.4 is 0 Å². The van der Waals surface area contributed by atoms with Crippen LogP contribution in [0.4, 0.5) is 0 Å². The first-order valence-electron chi connectivity index (χ1n) is 10.6. The van der Waals surface area contributed by atoms with E-state index in [-0.39, 0.29) is 0 Å². The van der Waals surface area contributed by atoms with Gasteiger partial charge in [0, 0.05) is 2.74 Å². The van der Waals surface area contributed by atoms with Gasteiger partial charge in [-0.1, -0.05) is 55.2 Å². The van der Waals surface area contributed by atoms with Crippen LogP contribution in [0.25, 0.3) is 0 Å². The highest BCUT2D eigenvalue weighted by atomic mass is 31.0. The van der Waals surface area contributed by atoms with Gasteiger partial charge >= 0.3 is 0 Å². The summed E-state index contributed by atoms with van der Waals surface area (Å²) >= 11 is 0. The zero-order chi connectivity index (χ0) is 18.7. The molecule has 0 amide bonds. The molecule has 2 fully saturated rings. The molecule has 130 valence electrons. The summed E-state index contributed by atoms with van der Waals surface area (Å²) in [7, 11) is 1.99. The highest BCUT2D eigenvalue weighted by Crippen LogP contribution is 2.52. The molecule has 1 heteroatoms. The molecule has 0 nitrogen and oxygen atoms in total. The van der Waals surface area contributed by atoms with Crippen molar-refractivity contribution in [1.29, 1.82) is 0 Å². The first kappa shape index (κ1) is 15.4. The SMILES string of the molecule is C1=CC2C3C=CC(C3)C2C1.C=CC1CC(C=C)C2CC=CC12.[2H]C([2H])P. The molecule has 24 heavy (non-hydrogen) atoms. The van der Waals surface area contributed by atoms with Crippen LogP contribution in [0.5, 0.6) is 0 Å². The second-order valence-electron chi connectivity index (χ2n) is 7.79. The van der Waals surface area contributed by atoms with E-state index in [9.17, 15) is 0 Å². The Morgan fingerprint density at radius 3 is 2.17 bits per heavy atom. The highest BCUT2D eigenvalue weighted by Gasteiger charge is 2.44. The van der Waals surface area contributed by atoms with Crippen molar-refractivity contribution >= 4 is 9.24 Å². The van der Waals surface area contributed by atoms with Gasteiger partial charge in [0.05, 0.1) is 0 Å². The molecule has 0 aliphatic heterocycles. The standard InChI is InChI=1S/C12H16.C10H12.CH5P/c1-3-9-8-10(4-2)12-7-5-6-11(9)12;1-2-9-7-4-5-8(6-7)10(9)3-1;1-2/h3-6,9-12H,1-2,7-8H2;1-2,4-5,7-10H,3,6H2;2H2,1H3/i;;1D2. The Morgan fingerprint density at radius 2 is 1.50 bits per heavy atom. The molecule has 9 unspecified atom stereocenters. The molecule has 2 bridgehead atoms. The maximum absolute atomic E-state index is 6.21. The van der Waals surface area contributed by atoms with Crippen molar-refractivity contribution in [2.75, 3.05) is 6.62 Å². The first-order chi connectivity index (χ1) is 12.5. The Morgan fingerprint density at radius 1 is 0.875 bits per heavy atom. The monoisotopic (exact) mass is 342 g/mol. The summed E-state index contributed by atoms with van der Waals surface area (Å²) in [5.74, 6) is 6.87. The van der Waals surface area contributed by atoms with E-state index in [2.05, 4.69) is 61.8 Å². The fourth-order valence-electron chi connectivity index (χ4n) is 5.76. The molecule has 0 saturated heterocycles. The Labute approximate surface area is 153 Å². The average molecular weight is 343 g/mol. The molecule has 0 aromatic carbocycles. The van der Waals surface area contributed by atoms with Crippen molar-refractivity contribution in [2.24, 2.45) is 47.3 Å². The van der Waals surface area contributed by atoms with E-state index in [0.29, 0.717) is 5.92 Å². The minimum absolute atomic E-state index is 0.705. The van der Waals surface area contributed by atoms with Crippen LogP contribution in [-0.2, 0) is 0 Å². The summed E-state index contributed by atoms with van der Waals surface area (Å²) in [4.78, 5) is 0. The average Bonchev–Trinajstić information content (AvgIpc) is 3.39. The minimum atomic E-state index is -0.750. The predicted molar refractivity (Wildman–Crippen MR) is 110 cm³/mol. The Bertz CT molecular complexity index is 588. The lowest BCUT2D eigenvalue weighted by molar-refractivity contribution is 0.398. The maximum Gasteiger partial charge on any atom is 0.0274 e. The largest absolute Gasteiger partial charge is 0.141 e. The van der Waals surface area contributed by atoms with Crippen molar-refractivity contribution in [3.05, 3.63) is 61.8 Å². The smallest absolute Gasteiger partial charge is 0.0274 e. The van der Waals surface area contributed by atoms with Gasteiger partial charge in [0.15, 0.2) is 0 Å². The van der Waals surface area contributed by atoms with Crippen molar-refractivity contribution < 1.29 is 2.74 Å². The molecule has 9 atom stereocenters. The fraction of sp³-hybridized carbons (Fsp3) is 0.565. The van der Waals surface area contributed by atoms with Gasteiger partial charge in [0.25, 0.3) is 0 Å². The summed E-state index contributed by atoms with van der Waals surface area (Å²) in [6.45, 7) is 7.06. The molecule has 0 spiro atoms. The third kappa shape index (κ3) is 3.15. The van der Waals surface area contributed by atoms with E-state index in [1.807, 2.05) is 9.24 Å². The van der Waals surface area contributed by atoms with E-state index in [0.717, 1.165) is 41.4 Å². The van der Waals surface area contributed by atoms with Gasteiger partial charge in [-0.25, -0.2) is 0 Å². The van der Waals surface area contributed by atoms with Crippen LogP contribution in [0, 0.1) is 47.3 Å². The molecule has 0 aromatic rings. The summed E-state index contributed by atoms with van der Waals surface area (Å²) in [6, 6.07) is 0. The number of fused-ring (bicyclic) bond motifs is 6. The quantitative estimate of drug-likeness (QED) is 0.422. The summed E-state index contributed by atoms with van der Waals surface area (Å²) in [5, 5.41) is 0. The summed E-state index contributed by atoms with van der Waals surface area (Å²) < 4.78 is 12.4.